The Morgan fingerprint density at radius 1 is 1.36 bits per heavy atom. The van der Waals surface area contributed by atoms with Crippen LogP contribution in [0.1, 0.15) is 38.5 Å². The zero-order valence-electron chi connectivity index (χ0n) is 6.68. The summed E-state index contributed by atoms with van der Waals surface area (Å²) in [4.78, 5) is 11.4. The monoisotopic (exact) mass is 154 g/mol. The molecule has 0 aromatic rings. The Hall–Kier alpha value is -0.370. The van der Waals surface area contributed by atoms with Crippen LogP contribution < -0.4 is 0 Å². The van der Waals surface area contributed by atoms with E-state index in [4.69, 9.17) is 0 Å². The lowest BCUT2D eigenvalue weighted by molar-refractivity contribution is -0.130. The van der Waals surface area contributed by atoms with Gasteiger partial charge in [0.15, 0.2) is 0 Å². The first-order chi connectivity index (χ1) is 5.26. The molecule has 0 radical (unpaired) electrons. The van der Waals surface area contributed by atoms with Crippen molar-refractivity contribution in [2.24, 2.45) is 5.41 Å². The normalized spacial score (nSPS) is 44.1. The van der Waals surface area contributed by atoms with Gasteiger partial charge in [0.25, 0.3) is 0 Å². The van der Waals surface area contributed by atoms with Crippen LogP contribution in [-0.2, 0) is 4.79 Å². The van der Waals surface area contributed by atoms with Crippen LogP contribution in [0.25, 0.3) is 0 Å². The highest BCUT2D eigenvalue weighted by Crippen LogP contribution is 2.48. The van der Waals surface area contributed by atoms with Crippen molar-refractivity contribution >= 4 is 5.78 Å². The maximum atomic E-state index is 11.4. The molecule has 0 heterocycles. The van der Waals surface area contributed by atoms with Crippen molar-refractivity contribution in [3.05, 3.63) is 0 Å². The first-order valence-corrected chi connectivity index (χ1v) is 4.47. The second-order valence-corrected chi connectivity index (χ2v) is 3.84. The van der Waals surface area contributed by atoms with E-state index in [1.165, 1.54) is 0 Å². The van der Waals surface area contributed by atoms with E-state index < -0.39 is 0 Å². The van der Waals surface area contributed by atoms with Crippen molar-refractivity contribution in [3.8, 4) is 0 Å². The second kappa shape index (κ2) is 2.31. The molecular weight excluding hydrogens is 140 g/mol. The van der Waals surface area contributed by atoms with Crippen molar-refractivity contribution in [3.63, 3.8) is 0 Å². The first-order valence-electron chi connectivity index (χ1n) is 4.47. The largest absolute Gasteiger partial charge is 0.392 e. The summed E-state index contributed by atoms with van der Waals surface area (Å²) in [6.07, 6.45) is 5.13. The van der Waals surface area contributed by atoms with Gasteiger partial charge in [-0.1, -0.05) is 0 Å². The molecule has 2 nitrogen and oxygen atoms in total. The molecule has 0 unspecified atom stereocenters. The van der Waals surface area contributed by atoms with E-state index in [1.807, 2.05) is 0 Å². The molecule has 2 fully saturated rings. The molecule has 0 amide bonds. The molecule has 2 aliphatic carbocycles. The molecule has 1 spiro atoms. The smallest absolute Gasteiger partial charge is 0.141 e. The Kier molecular flexibility index (Phi) is 1.53. The average Bonchev–Trinajstić information content (AvgIpc) is 2.48. The van der Waals surface area contributed by atoms with E-state index in [1.54, 1.807) is 0 Å². The quantitative estimate of drug-likeness (QED) is 0.570. The van der Waals surface area contributed by atoms with Gasteiger partial charge >= 0.3 is 0 Å². The minimum atomic E-state index is -0.322. The highest BCUT2D eigenvalue weighted by atomic mass is 16.3. The zero-order valence-corrected chi connectivity index (χ0v) is 6.68. The molecule has 2 aliphatic rings. The standard InChI is InChI=1S/C9H14O2/c10-7-3-1-5-9(7)6-2-4-8(9)11/h7,10H,1-6H2/t7-,9-/m1/s1. The first kappa shape index (κ1) is 7.29. The lowest BCUT2D eigenvalue weighted by Gasteiger charge is -2.24. The van der Waals surface area contributed by atoms with E-state index in [9.17, 15) is 9.90 Å². The van der Waals surface area contributed by atoms with E-state index in [0.29, 0.717) is 12.2 Å². The topological polar surface area (TPSA) is 37.3 Å². The predicted molar refractivity (Wildman–Crippen MR) is 41.1 cm³/mol. The van der Waals surface area contributed by atoms with Gasteiger partial charge < -0.3 is 5.11 Å². The number of aliphatic hydroxyl groups is 1. The highest BCUT2D eigenvalue weighted by molar-refractivity contribution is 5.87. The molecule has 0 aromatic heterocycles. The van der Waals surface area contributed by atoms with Gasteiger partial charge in [0.05, 0.1) is 11.5 Å². The fourth-order valence-electron chi connectivity index (χ4n) is 2.62. The molecule has 2 rings (SSSR count). The van der Waals surface area contributed by atoms with Crippen LogP contribution in [0.4, 0.5) is 0 Å². The molecule has 0 aliphatic heterocycles. The molecule has 0 saturated heterocycles. The molecule has 62 valence electrons. The summed E-state index contributed by atoms with van der Waals surface area (Å²) in [6.45, 7) is 0. The number of Topliss-reactive ketones (excluding diaryl/α,β-unsaturated/α-hetero) is 1. The van der Waals surface area contributed by atoms with Crippen LogP contribution in [0.15, 0.2) is 0 Å². The predicted octanol–water partition coefficient (Wildman–Crippen LogP) is 1.27. The summed E-state index contributed by atoms with van der Waals surface area (Å²) in [7, 11) is 0. The van der Waals surface area contributed by atoms with Crippen LogP contribution in [0.2, 0.25) is 0 Å². The third-order valence-corrected chi connectivity index (χ3v) is 3.32. The number of rotatable bonds is 0. The minimum Gasteiger partial charge on any atom is -0.392 e. The van der Waals surface area contributed by atoms with Crippen molar-refractivity contribution in [2.45, 2.75) is 44.6 Å². The molecule has 11 heavy (non-hydrogen) atoms. The van der Waals surface area contributed by atoms with Crippen LogP contribution >= 0.6 is 0 Å². The fourth-order valence-corrected chi connectivity index (χ4v) is 2.62. The second-order valence-electron chi connectivity index (χ2n) is 3.84. The summed E-state index contributed by atoms with van der Waals surface area (Å²) < 4.78 is 0. The lowest BCUT2D eigenvalue weighted by Crippen LogP contribution is -2.33. The number of aliphatic hydroxyl groups excluding tert-OH is 1. The third-order valence-electron chi connectivity index (χ3n) is 3.32. The SMILES string of the molecule is O=C1CCC[C@@]12CCC[C@H]2O. The maximum absolute atomic E-state index is 11.4. The molecule has 2 atom stereocenters. The van der Waals surface area contributed by atoms with E-state index in [2.05, 4.69) is 0 Å². The van der Waals surface area contributed by atoms with Gasteiger partial charge in [-0.2, -0.15) is 0 Å². The minimum absolute atomic E-state index is 0.278. The summed E-state index contributed by atoms with van der Waals surface area (Å²) in [5.41, 5.74) is -0.278. The van der Waals surface area contributed by atoms with Gasteiger partial charge in [-0.05, 0) is 32.1 Å². The van der Waals surface area contributed by atoms with Crippen LogP contribution in [0.3, 0.4) is 0 Å². The zero-order chi connectivity index (χ0) is 7.90. The van der Waals surface area contributed by atoms with Gasteiger partial charge in [0, 0.05) is 6.42 Å². The van der Waals surface area contributed by atoms with Crippen molar-refractivity contribution < 1.29 is 9.90 Å². The van der Waals surface area contributed by atoms with Crippen molar-refractivity contribution in [2.75, 3.05) is 0 Å². The van der Waals surface area contributed by atoms with Gasteiger partial charge in [0.1, 0.15) is 5.78 Å². The Morgan fingerprint density at radius 2 is 2.09 bits per heavy atom. The number of carbonyl (C=O) groups excluding carboxylic acids is 1. The van der Waals surface area contributed by atoms with Crippen molar-refractivity contribution in [1.82, 2.24) is 0 Å². The number of carbonyl (C=O) groups is 1. The van der Waals surface area contributed by atoms with Crippen LogP contribution in [-0.4, -0.2) is 17.0 Å². The average molecular weight is 154 g/mol. The third kappa shape index (κ3) is 0.853. The molecule has 2 heteroatoms. The van der Waals surface area contributed by atoms with E-state index in [0.717, 1.165) is 32.1 Å². The number of hydrogen-bond donors (Lipinski definition) is 1. The molecule has 0 bridgehead atoms. The van der Waals surface area contributed by atoms with E-state index in [-0.39, 0.29) is 11.5 Å². The van der Waals surface area contributed by atoms with E-state index >= 15 is 0 Å². The molecular formula is C9H14O2. The maximum Gasteiger partial charge on any atom is 0.141 e. The molecule has 0 aromatic carbocycles. The molecule has 2 saturated carbocycles. The Bertz CT molecular complexity index is 184. The Balaban J connectivity index is 2.25. The van der Waals surface area contributed by atoms with Gasteiger partial charge in [-0.15, -0.1) is 0 Å². The summed E-state index contributed by atoms with van der Waals surface area (Å²) in [5, 5.41) is 9.63. The van der Waals surface area contributed by atoms with Crippen LogP contribution in [0, 0.1) is 5.41 Å². The van der Waals surface area contributed by atoms with Gasteiger partial charge in [0.2, 0.25) is 0 Å². The summed E-state index contributed by atoms with van der Waals surface area (Å²) in [5.74, 6) is 0.322. The Morgan fingerprint density at radius 3 is 2.55 bits per heavy atom. The highest BCUT2D eigenvalue weighted by Gasteiger charge is 2.49. The van der Waals surface area contributed by atoms with Gasteiger partial charge in [-0.25, -0.2) is 0 Å². The van der Waals surface area contributed by atoms with Crippen molar-refractivity contribution in [1.29, 1.82) is 0 Å². The van der Waals surface area contributed by atoms with Gasteiger partial charge in [-0.3, -0.25) is 4.79 Å². The summed E-state index contributed by atoms with van der Waals surface area (Å²) in [6, 6.07) is 0. The Labute approximate surface area is 66.6 Å². The molecule has 1 N–H and O–H groups in total. The fraction of sp³-hybridized carbons (Fsp3) is 0.889. The number of ketones is 1. The van der Waals surface area contributed by atoms with Crippen LogP contribution in [0.5, 0.6) is 0 Å². The number of hydrogen-bond acceptors (Lipinski definition) is 2. The lowest BCUT2D eigenvalue weighted by atomic mass is 9.82. The summed E-state index contributed by atoms with van der Waals surface area (Å²) >= 11 is 0.